The monoisotopic (exact) mass is 306 g/mol. The van der Waals surface area contributed by atoms with E-state index in [1.165, 1.54) is 12.3 Å². The van der Waals surface area contributed by atoms with Crippen LogP contribution in [-0.2, 0) is 9.59 Å². The van der Waals surface area contributed by atoms with E-state index in [1.807, 2.05) is 0 Å². The number of hydrazone groups is 1. The molecule has 0 aliphatic heterocycles. The molecular weight excluding hydrogens is 288 g/mol. The molecule has 0 unspecified atom stereocenters. The zero-order valence-corrected chi connectivity index (χ0v) is 12.0. The predicted octanol–water partition coefficient (Wildman–Crippen LogP) is 1.87. The van der Waals surface area contributed by atoms with Crippen LogP contribution in [0.4, 0.5) is 0 Å². The average Bonchev–Trinajstić information content (AvgIpc) is 2.47. The Hall–Kier alpha value is -2.70. The largest absolute Gasteiger partial charge is 0.481 e. The van der Waals surface area contributed by atoms with E-state index in [0.29, 0.717) is 24.8 Å². The second-order valence-corrected chi connectivity index (χ2v) is 4.64. The van der Waals surface area contributed by atoms with E-state index < -0.39 is 11.9 Å². The Morgan fingerprint density at radius 1 is 1.05 bits per heavy atom. The third-order valence-corrected chi connectivity index (χ3v) is 2.88. The van der Waals surface area contributed by atoms with Crippen LogP contribution in [-0.4, -0.2) is 34.3 Å². The number of aromatic carboxylic acids is 1. The Morgan fingerprint density at radius 2 is 1.73 bits per heavy atom. The topological polar surface area (TPSA) is 116 Å². The van der Waals surface area contributed by atoms with Gasteiger partial charge in [0, 0.05) is 18.4 Å². The van der Waals surface area contributed by atoms with Crippen LogP contribution < -0.4 is 5.43 Å². The van der Waals surface area contributed by atoms with Crippen LogP contribution in [0.2, 0.25) is 0 Å². The van der Waals surface area contributed by atoms with E-state index in [2.05, 4.69) is 10.5 Å². The van der Waals surface area contributed by atoms with Crippen molar-refractivity contribution in [2.75, 3.05) is 0 Å². The fraction of sp³-hybridized carbons (Fsp3) is 0.333. The van der Waals surface area contributed by atoms with E-state index in [1.54, 1.807) is 18.2 Å². The zero-order chi connectivity index (χ0) is 16.4. The minimum absolute atomic E-state index is 0.103. The Labute approximate surface area is 127 Å². The molecule has 118 valence electrons. The molecule has 0 atom stereocenters. The van der Waals surface area contributed by atoms with Gasteiger partial charge in [-0.1, -0.05) is 24.6 Å². The van der Waals surface area contributed by atoms with Gasteiger partial charge in [-0.2, -0.15) is 5.10 Å². The number of aliphatic carboxylic acids is 1. The molecule has 0 aromatic heterocycles. The van der Waals surface area contributed by atoms with Crippen LogP contribution in [0.25, 0.3) is 0 Å². The highest BCUT2D eigenvalue weighted by atomic mass is 16.4. The Balaban J connectivity index is 2.35. The van der Waals surface area contributed by atoms with Gasteiger partial charge in [0.05, 0.1) is 11.8 Å². The predicted molar refractivity (Wildman–Crippen MR) is 79.9 cm³/mol. The standard InChI is InChI=1S/C15H18N2O5/c18-13(8-2-1-3-9-14(19)20)17-16-10-11-6-4-5-7-12(11)15(21)22/h4-7,10H,1-3,8-9H2,(H,17,18)(H,19,20)(H,21,22). The number of nitrogens with zero attached hydrogens (tertiary/aromatic N) is 1. The number of carbonyl (C=O) groups excluding carboxylic acids is 1. The van der Waals surface area contributed by atoms with Gasteiger partial charge >= 0.3 is 11.9 Å². The minimum atomic E-state index is -1.06. The summed E-state index contributed by atoms with van der Waals surface area (Å²) in [4.78, 5) is 32.8. The van der Waals surface area contributed by atoms with Crippen LogP contribution in [0, 0.1) is 0 Å². The molecule has 0 saturated carbocycles. The summed E-state index contributed by atoms with van der Waals surface area (Å²) in [5.41, 5.74) is 2.82. The zero-order valence-electron chi connectivity index (χ0n) is 12.0. The number of unbranched alkanes of at least 4 members (excludes halogenated alkanes) is 2. The number of rotatable bonds is 9. The second-order valence-electron chi connectivity index (χ2n) is 4.64. The molecule has 0 heterocycles. The normalized spacial score (nSPS) is 10.5. The first-order valence-electron chi connectivity index (χ1n) is 6.86. The first-order valence-corrected chi connectivity index (χ1v) is 6.86. The van der Waals surface area contributed by atoms with E-state index >= 15 is 0 Å². The third-order valence-electron chi connectivity index (χ3n) is 2.88. The van der Waals surface area contributed by atoms with Crippen molar-refractivity contribution in [3.63, 3.8) is 0 Å². The van der Waals surface area contributed by atoms with Crippen LogP contribution in [0.3, 0.4) is 0 Å². The van der Waals surface area contributed by atoms with E-state index in [9.17, 15) is 14.4 Å². The highest BCUT2D eigenvalue weighted by Gasteiger charge is 2.07. The number of hydrogen-bond acceptors (Lipinski definition) is 4. The van der Waals surface area contributed by atoms with E-state index in [0.717, 1.165) is 0 Å². The average molecular weight is 306 g/mol. The van der Waals surface area contributed by atoms with Crippen LogP contribution in [0.1, 0.15) is 48.0 Å². The summed E-state index contributed by atoms with van der Waals surface area (Å²) in [5, 5.41) is 21.2. The summed E-state index contributed by atoms with van der Waals surface area (Å²) < 4.78 is 0. The Kier molecular flexibility index (Phi) is 7.32. The number of hydrogen-bond donors (Lipinski definition) is 3. The fourth-order valence-corrected chi connectivity index (χ4v) is 1.77. The van der Waals surface area contributed by atoms with Gasteiger partial charge in [-0.3, -0.25) is 9.59 Å². The fourth-order valence-electron chi connectivity index (χ4n) is 1.77. The molecule has 0 aliphatic rings. The number of amides is 1. The van der Waals surface area contributed by atoms with Crippen LogP contribution >= 0.6 is 0 Å². The molecule has 0 spiro atoms. The molecule has 1 aromatic rings. The van der Waals surface area contributed by atoms with Crippen molar-refractivity contribution in [3.8, 4) is 0 Å². The van der Waals surface area contributed by atoms with Gasteiger partial charge < -0.3 is 10.2 Å². The maximum atomic E-state index is 11.5. The van der Waals surface area contributed by atoms with E-state index in [-0.39, 0.29) is 24.3 Å². The second kappa shape index (κ2) is 9.28. The van der Waals surface area contributed by atoms with Crippen molar-refractivity contribution in [2.45, 2.75) is 32.1 Å². The quantitative estimate of drug-likeness (QED) is 0.366. The minimum Gasteiger partial charge on any atom is -0.481 e. The molecule has 0 fully saturated rings. The highest BCUT2D eigenvalue weighted by Crippen LogP contribution is 2.06. The lowest BCUT2D eigenvalue weighted by Gasteiger charge is -2.01. The molecule has 7 heteroatoms. The lowest BCUT2D eigenvalue weighted by atomic mass is 10.1. The van der Waals surface area contributed by atoms with Crippen molar-refractivity contribution in [3.05, 3.63) is 35.4 Å². The van der Waals surface area contributed by atoms with Gasteiger partial charge in [-0.15, -0.1) is 0 Å². The number of carboxylic acids is 2. The summed E-state index contributed by atoms with van der Waals surface area (Å²) in [5.74, 6) is -2.20. The smallest absolute Gasteiger partial charge is 0.336 e. The van der Waals surface area contributed by atoms with Gasteiger partial charge in [0.2, 0.25) is 5.91 Å². The molecular formula is C15H18N2O5. The maximum Gasteiger partial charge on any atom is 0.336 e. The molecule has 1 rings (SSSR count). The highest BCUT2D eigenvalue weighted by molar-refractivity contribution is 5.98. The summed E-state index contributed by atoms with van der Waals surface area (Å²) in [6, 6.07) is 6.33. The van der Waals surface area contributed by atoms with Gasteiger partial charge in [0.25, 0.3) is 0 Å². The van der Waals surface area contributed by atoms with Crippen molar-refractivity contribution in [1.82, 2.24) is 5.43 Å². The third kappa shape index (κ3) is 6.65. The van der Waals surface area contributed by atoms with Crippen molar-refractivity contribution < 1.29 is 24.6 Å². The summed E-state index contributed by atoms with van der Waals surface area (Å²) in [6.07, 6.45) is 3.42. The van der Waals surface area contributed by atoms with Gasteiger partial charge in [0.15, 0.2) is 0 Å². The lowest BCUT2D eigenvalue weighted by Crippen LogP contribution is -2.17. The molecule has 22 heavy (non-hydrogen) atoms. The molecule has 0 aliphatic carbocycles. The first-order chi connectivity index (χ1) is 10.5. The van der Waals surface area contributed by atoms with Crippen molar-refractivity contribution in [2.24, 2.45) is 5.10 Å². The number of carbonyl (C=O) groups is 3. The van der Waals surface area contributed by atoms with Gasteiger partial charge in [-0.05, 0) is 18.9 Å². The van der Waals surface area contributed by atoms with Crippen molar-refractivity contribution in [1.29, 1.82) is 0 Å². The number of nitrogens with one attached hydrogen (secondary N) is 1. The first kappa shape index (κ1) is 17.4. The van der Waals surface area contributed by atoms with Gasteiger partial charge in [-0.25, -0.2) is 10.2 Å². The summed E-state index contributed by atoms with van der Waals surface area (Å²) >= 11 is 0. The van der Waals surface area contributed by atoms with Crippen LogP contribution in [0.5, 0.6) is 0 Å². The maximum absolute atomic E-state index is 11.5. The number of carboxylic acid groups (broad SMARTS) is 2. The molecule has 3 N–H and O–H groups in total. The number of benzene rings is 1. The molecule has 0 radical (unpaired) electrons. The molecule has 7 nitrogen and oxygen atoms in total. The Bertz CT molecular complexity index is 569. The van der Waals surface area contributed by atoms with Gasteiger partial charge in [0.1, 0.15) is 0 Å². The summed E-state index contributed by atoms with van der Waals surface area (Å²) in [7, 11) is 0. The van der Waals surface area contributed by atoms with E-state index in [4.69, 9.17) is 10.2 Å². The van der Waals surface area contributed by atoms with Crippen LogP contribution in [0.15, 0.2) is 29.4 Å². The molecule has 1 aromatic carbocycles. The Morgan fingerprint density at radius 3 is 2.41 bits per heavy atom. The summed E-state index contributed by atoms with van der Waals surface area (Å²) in [6.45, 7) is 0. The lowest BCUT2D eigenvalue weighted by molar-refractivity contribution is -0.137. The SMILES string of the molecule is O=C(O)CCCCCC(=O)NN=Cc1ccccc1C(=O)O. The molecule has 0 bridgehead atoms. The molecule has 0 saturated heterocycles. The van der Waals surface area contributed by atoms with Crippen molar-refractivity contribution >= 4 is 24.1 Å². The molecule has 1 amide bonds.